The zero-order chi connectivity index (χ0) is 20.7. The highest BCUT2D eigenvalue weighted by molar-refractivity contribution is 7.20. The molecule has 2 aromatic heterocycles. The quantitative estimate of drug-likeness (QED) is 0.686. The molecule has 0 fully saturated rings. The molecule has 0 aliphatic carbocycles. The van der Waals surface area contributed by atoms with Gasteiger partial charge in [0.15, 0.2) is 0 Å². The van der Waals surface area contributed by atoms with Crippen LogP contribution in [0.15, 0.2) is 23.0 Å². The molecular formula is C20H20N4O4S. The Balaban J connectivity index is 1.68. The molecule has 2 amide bonds. The van der Waals surface area contributed by atoms with E-state index in [1.54, 1.807) is 29.7 Å². The topological polar surface area (TPSA) is 102 Å². The van der Waals surface area contributed by atoms with Crippen molar-refractivity contribution in [1.82, 2.24) is 9.55 Å². The summed E-state index contributed by atoms with van der Waals surface area (Å²) in [6.45, 7) is 3.84. The number of rotatable bonds is 4. The smallest absolute Gasteiger partial charge is 0.266 e. The Morgan fingerprint density at radius 1 is 1.28 bits per heavy atom. The van der Waals surface area contributed by atoms with Crippen LogP contribution in [0.25, 0.3) is 10.2 Å². The molecule has 0 saturated carbocycles. The highest BCUT2D eigenvalue weighted by Gasteiger charge is 2.23. The Morgan fingerprint density at radius 2 is 2.07 bits per heavy atom. The summed E-state index contributed by atoms with van der Waals surface area (Å²) in [4.78, 5) is 42.7. The average Bonchev–Trinajstić information content (AvgIpc) is 3.26. The number of nitrogens with one attached hydrogen (secondary N) is 2. The second-order valence-electron chi connectivity index (χ2n) is 6.88. The molecule has 1 aromatic carbocycles. The second-order valence-corrected chi connectivity index (χ2v) is 7.87. The lowest BCUT2D eigenvalue weighted by Gasteiger charge is -2.11. The van der Waals surface area contributed by atoms with Crippen LogP contribution in [0.3, 0.4) is 0 Å². The molecule has 8 nitrogen and oxygen atoms in total. The number of ether oxygens (including phenoxy) is 1. The number of carbonyl (C=O) groups excluding carboxylic acids is 2. The summed E-state index contributed by atoms with van der Waals surface area (Å²) in [5, 5.41) is 6.02. The molecule has 3 heterocycles. The predicted octanol–water partition coefficient (Wildman–Crippen LogP) is 2.93. The number of amides is 2. The van der Waals surface area contributed by atoms with Crippen LogP contribution >= 0.6 is 11.3 Å². The third-order valence-electron chi connectivity index (χ3n) is 4.89. The van der Waals surface area contributed by atoms with Crippen molar-refractivity contribution in [2.24, 2.45) is 0 Å². The number of methoxy groups -OCH3 is 1. The van der Waals surface area contributed by atoms with E-state index in [1.165, 1.54) is 25.4 Å². The van der Waals surface area contributed by atoms with E-state index in [-0.39, 0.29) is 17.4 Å². The molecule has 0 unspecified atom stereocenters. The van der Waals surface area contributed by atoms with Gasteiger partial charge in [-0.1, -0.05) is 0 Å². The minimum Gasteiger partial charge on any atom is -0.495 e. The lowest BCUT2D eigenvalue weighted by atomic mass is 10.2. The Morgan fingerprint density at radius 3 is 2.79 bits per heavy atom. The molecule has 3 aromatic rings. The van der Waals surface area contributed by atoms with Gasteiger partial charge in [0.25, 0.3) is 11.5 Å². The van der Waals surface area contributed by atoms with E-state index in [0.29, 0.717) is 44.3 Å². The number of aromatic nitrogens is 2. The summed E-state index contributed by atoms with van der Waals surface area (Å²) in [6, 6.07) is 4.98. The zero-order valence-electron chi connectivity index (χ0n) is 16.3. The maximum absolute atomic E-state index is 12.9. The van der Waals surface area contributed by atoms with Crippen LogP contribution < -0.4 is 20.9 Å². The van der Waals surface area contributed by atoms with E-state index in [1.807, 2.05) is 0 Å². The van der Waals surface area contributed by atoms with E-state index in [2.05, 4.69) is 15.6 Å². The average molecular weight is 412 g/mol. The summed E-state index contributed by atoms with van der Waals surface area (Å²) in [7, 11) is 1.50. The van der Waals surface area contributed by atoms with Crippen molar-refractivity contribution in [3.63, 3.8) is 0 Å². The predicted molar refractivity (Wildman–Crippen MR) is 112 cm³/mol. The van der Waals surface area contributed by atoms with Crippen molar-refractivity contribution >= 4 is 44.7 Å². The van der Waals surface area contributed by atoms with Gasteiger partial charge in [-0.15, -0.1) is 11.3 Å². The lowest BCUT2D eigenvalue weighted by molar-refractivity contribution is -0.114. The van der Waals surface area contributed by atoms with Gasteiger partial charge in [-0.2, -0.15) is 0 Å². The molecule has 2 N–H and O–H groups in total. The molecule has 29 heavy (non-hydrogen) atoms. The minimum atomic E-state index is -0.325. The van der Waals surface area contributed by atoms with Crippen LogP contribution in [-0.2, 0) is 17.8 Å². The number of benzene rings is 1. The summed E-state index contributed by atoms with van der Waals surface area (Å²) in [5.74, 6) is 0.703. The molecule has 0 spiro atoms. The van der Waals surface area contributed by atoms with Crippen molar-refractivity contribution in [1.29, 1.82) is 0 Å². The number of hydrogen-bond acceptors (Lipinski definition) is 6. The fourth-order valence-corrected chi connectivity index (χ4v) is 4.64. The van der Waals surface area contributed by atoms with Crippen LogP contribution in [0.1, 0.15) is 34.4 Å². The number of nitrogens with zero attached hydrogens (tertiary/aromatic N) is 2. The van der Waals surface area contributed by atoms with Gasteiger partial charge in [0, 0.05) is 25.6 Å². The van der Waals surface area contributed by atoms with E-state index in [0.717, 1.165) is 18.7 Å². The summed E-state index contributed by atoms with van der Waals surface area (Å²) in [6.07, 6.45) is 1.70. The number of fused-ring (bicyclic) bond motifs is 2. The number of carbonyl (C=O) groups is 2. The number of thiophene rings is 1. The standard InChI is InChI=1S/C20H20N4O4S/c1-10-16-19(23-15-5-4-8-24(15)20(16)27)29-17(10)18(26)22-12-6-7-14(28-3)13(9-12)21-11(2)25/h6-7,9H,4-5,8H2,1-3H3,(H,21,25)(H,22,26). The van der Waals surface area contributed by atoms with Gasteiger partial charge in [0.1, 0.15) is 16.4 Å². The molecular weight excluding hydrogens is 392 g/mol. The SMILES string of the molecule is COc1ccc(NC(=O)c2sc3nc4n(c(=O)c3c2C)CCC4)cc1NC(C)=O. The molecule has 0 saturated heterocycles. The van der Waals surface area contributed by atoms with Crippen LogP contribution in [0.5, 0.6) is 5.75 Å². The van der Waals surface area contributed by atoms with E-state index in [9.17, 15) is 14.4 Å². The van der Waals surface area contributed by atoms with Gasteiger partial charge >= 0.3 is 0 Å². The molecule has 0 bridgehead atoms. The van der Waals surface area contributed by atoms with Crippen LogP contribution in [0.4, 0.5) is 11.4 Å². The van der Waals surface area contributed by atoms with E-state index < -0.39 is 0 Å². The maximum Gasteiger partial charge on any atom is 0.266 e. The monoisotopic (exact) mass is 412 g/mol. The molecule has 150 valence electrons. The first-order chi connectivity index (χ1) is 13.9. The van der Waals surface area contributed by atoms with E-state index in [4.69, 9.17) is 4.74 Å². The number of hydrogen-bond donors (Lipinski definition) is 2. The molecule has 4 rings (SSSR count). The maximum atomic E-state index is 12.9. The first kappa shape index (κ1) is 19.1. The first-order valence-electron chi connectivity index (χ1n) is 9.19. The second kappa shape index (κ2) is 7.32. The molecule has 1 aliphatic rings. The fourth-order valence-electron chi connectivity index (χ4n) is 3.55. The third-order valence-corrected chi connectivity index (χ3v) is 6.07. The van der Waals surface area contributed by atoms with Crippen molar-refractivity contribution in [3.05, 3.63) is 44.8 Å². The van der Waals surface area contributed by atoms with Gasteiger partial charge in [0.2, 0.25) is 5.91 Å². The summed E-state index contributed by atoms with van der Waals surface area (Å²) < 4.78 is 6.93. The molecule has 0 atom stereocenters. The third kappa shape index (κ3) is 3.38. The first-order valence-corrected chi connectivity index (χ1v) is 10.0. The number of anilines is 2. The highest BCUT2D eigenvalue weighted by atomic mass is 32.1. The highest BCUT2D eigenvalue weighted by Crippen LogP contribution is 2.31. The largest absolute Gasteiger partial charge is 0.495 e. The van der Waals surface area contributed by atoms with Crippen molar-refractivity contribution in [3.8, 4) is 5.75 Å². The van der Waals surface area contributed by atoms with Gasteiger partial charge in [-0.25, -0.2) is 4.98 Å². The Labute approximate surface area is 170 Å². The Kier molecular flexibility index (Phi) is 4.83. The Hall–Kier alpha value is -3.20. The van der Waals surface area contributed by atoms with Gasteiger partial charge in [0.05, 0.1) is 23.1 Å². The Bertz CT molecular complexity index is 1210. The van der Waals surface area contributed by atoms with Crippen LogP contribution in [0.2, 0.25) is 0 Å². The van der Waals surface area contributed by atoms with E-state index >= 15 is 0 Å². The minimum absolute atomic E-state index is 0.0762. The van der Waals surface area contributed by atoms with Gasteiger partial charge in [-0.3, -0.25) is 19.0 Å². The normalized spacial score (nSPS) is 12.7. The molecule has 1 aliphatic heterocycles. The van der Waals surface area contributed by atoms with Crippen LogP contribution in [0, 0.1) is 6.92 Å². The summed E-state index contributed by atoms with van der Waals surface area (Å²) >= 11 is 1.22. The summed E-state index contributed by atoms with van der Waals surface area (Å²) in [5.41, 5.74) is 1.52. The number of aryl methyl sites for hydroxylation is 2. The van der Waals surface area contributed by atoms with Crippen molar-refractivity contribution in [2.45, 2.75) is 33.2 Å². The van der Waals surface area contributed by atoms with Gasteiger partial charge in [-0.05, 0) is 37.1 Å². The molecule has 9 heteroatoms. The zero-order valence-corrected chi connectivity index (χ0v) is 17.1. The lowest BCUT2D eigenvalue weighted by Crippen LogP contribution is -2.20. The fraction of sp³-hybridized carbons (Fsp3) is 0.300. The van der Waals surface area contributed by atoms with Crippen LogP contribution in [-0.4, -0.2) is 28.5 Å². The molecule has 0 radical (unpaired) electrons. The van der Waals surface area contributed by atoms with Crippen molar-refractivity contribution < 1.29 is 14.3 Å². The van der Waals surface area contributed by atoms with Gasteiger partial charge < -0.3 is 15.4 Å². The van der Waals surface area contributed by atoms with Crippen molar-refractivity contribution in [2.75, 3.05) is 17.7 Å².